The van der Waals surface area contributed by atoms with Crippen LogP contribution in [0.4, 0.5) is 0 Å². The molecule has 3 aromatic rings. The molecule has 5 rings (SSSR count). The number of nitrogens with one attached hydrogen (secondary N) is 1. The number of ether oxygens (including phenoxy) is 1. The van der Waals surface area contributed by atoms with Crippen molar-refractivity contribution >= 4 is 17.6 Å². The van der Waals surface area contributed by atoms with Crippen LogP contribution in [0.3, 0.4) is 0 Å². The molecule has 7 heteroatoms. The van der Waals surface area contributed by atoms with Gasteiger partial charge in [-0.25, -0.2) is 4.79 Å². The normalized spacial score (nSPS) is 16.6. The number of carboxylic acids is 1. The third-order valence-corrected chi connectivity index (χ3v) is 5.96. The summed E-state index contributed by atoms with van der Waals surface area (Å²) in [5.41, 5.74) is 12.3. The quantitative estimate of drug-likeness (QED) is 0.612. The van der Waals surface area contributed by atoms with E-state index in [0.717, 1.165) is 40.1 Å². The lowest BCUT2D eigenvalue weighted by Gasteiger charge is -2.37. The van der Waals surface area contributed by atoms with Crippen molar-refractivity contribution in [2.24, 2.45) is 5.73 Å². The van der Waals surface area contributed by atoms with Crippen molar-refractivity contribution in [1.29, 1.82) is 0 Å². The molecule has 0 amide bonds. The highest BCUT2D eigenvalue weighted by atomic mass is 35.5. The molecule has 2 aliphatic rings. The van der Waals surface area contributed by atoms with Gasteiger partial charge in [0.05, 0.1) is 35.7 Å². The number of hydrogen-bond donors (Lipinski definition) is 3. The molecule has 0 bridgehead atoms. The van der Waals surface area contributed by atoms with E-state index < -0.39 is 11.5 Å². The molecule has 2 aromatic heterocycles. The van der Waals surface area contributed by atoms with Gasteiger partial charge in [0.15, 0.2) is 0 Å². The van der Waals surface area contributed by atoms with Gasteiger partial charge in [0.2, 0.25) is 0 Å². The molecule has 1 fully saturated rings. The zero-order valence-electron chi connectivity index (χ0n) is 15.7. The van der Waals surface area contributed by atoms with Gasteiger partial charge in [-0.3, -0.25) is 4.98 Å². The van der Waals surface area contributed by atoms with Gasteiger partial charge >= 0.3 is 5.97 Å². The molecule has 0 radical (unpaired) electrons. The lowest BCUT2D eigenvalue weighted by Crippen LogP contribution is -2.59. The van der Waals surface area contributed by atoms with Gasteiger partial charge in [-0.05, 0) is 42.2 Å². The highest BCUT2D eigenvalue weighted by molar-refractivity contribution is 6.30. The number of aryl methyl sites for hydroxylation is 1. The third-order valence-electron chi connectivity index (χ3n) is 5.72. The minimum absolute atomic E-state index is 0.350. The van der Waals surface area contributed by atoms with E-state index in [-0.39, 0.29) is 0 Å². The van der Waals surface area contributed by atoms with Crippen LogP contribution < -0.4 is 5.73 Å². The SMILES string of the molecule is NC1(Cc2[nH]c3c(c2C(=O)O)CCc2cnc(-c4cccc(Cl)c4)cc2-3)COC1. The van der Waals surface area contributed by atoms with E-state index in [2.05, 4.69) is 9.97 Å². The van der Waals surface area contributed by atoms with E-state index in [4.69, 9.17) is 22.1 Å². The number of carbonyl (C=O) groups is 1. The number of nitrogens with two attached hydrogens (primary N) is 1. The number of benzene rings is 1. The second-order valence-electron chi connectivity index (χ2n) is 7.91. The van der Waals surface area contributed by atoms with Crippen molar-refractivity contribution < 1.29 is 14.6 Å². The number of aromatic nitrogens is 2. The summed E-state index contributed by atoms with van der Waals surface area (Å²) in [6, 6.07) is 9.56. The Kier molecular flexibility index (Phi) is 4.24. The minimum Gasteiger partial charge on any atom is -0.478 e. The molecule has 3 heterocycles. The molecule has 6 nitrogen and oxygen atoms in total. The topological polar surface area (TPSA) is 101 Å². The van der Waals surface area contributed by atoms with Gasteiger partial charge < -0.3 is 20.6 Å². The maximum atomic E-state index is 12.1. The first-order chi connectivity index (χ1) is 13.9. The fourth-order valence-corrected chi connectivity index (χ4v) is 4.46. The number of rotatable bonds is 4. The number of aromatic carboxylic acids is 1. The van der Waals surface area contributed by atoms with Crippen molar-refractivity contribution in [2.75, 3.05) is 13.2 Å². The molecule has 1 aromatic carbocycles. The molecule has 1 aliphatic carbocycles. The number of hydrogen-bond acceptors (Lipinski definition) is 4. The van der Waals surface area contributed by atoms with Crippen LogP contribution in [-0.2, 0) is 24.0 Å². The summed E-state index contributed by atoms with van der Waals surface area (Å²) in [5, 5.41) is 10.5. The average molecular weight is 410 g/mol. The van der Waals surface area contributed by atoms with E-state index in [1.54, 1.807) is 0 Å². The first kappa shape index (κ1) is 18.4. The Morgan fingerprint density at radius 3 is 2.83 bits per heavy atom. The van der Waals surface area contributed by atoms with Crippen LogP contribution >= 0.6 is 11.6 Å². The Labute approximate surface area is 172 Å². The predicted octanol–water partition coefficient (Wildman–Crippen LogP) is 3.46. The fourth-order valence-electron chi connectivity index (χ4n) is 4.27. The second kappa shape index (κ2) is 6.69. The Hall–Kier alpha value is -2.67. The summed E-state index contributed by atoms with van der Waals surface area (Å²) < 4.78 is 5.24. The molecule has 0 saturated carbocycles. The maximum Gasteiger partial charge on any atom is 0.337 e. The zero-order valence-corrected chi connectivity index (χ0v) is 16.4. The number of nitrogens with zero attached hydrogens (tertiary/aromatic N) is 1. The van der Waals surface area contributed by atoms with Gasteiger partial charge in [0.1, 0.15) is 0 Å². The van der Waals surface area contributed by atoms with Gasteiger partial charge in [-0.1, -0.05) is 23.7 Å². The number of carboxylic acid groups (broad SMARTS) is 1. The highest BCUT2D eigenvalue weighted by Gasteiger charge is 2.37. The highest BCUT2D eigenvalue weighted by Crippen LogP contribution is 2.39. The molecule has 1 saturated heterocycles. The van der Waals surface area contributed by atoms with Crippen molar-refractivity contribution in [3.8, 4) is 22.5 Å². The molecule has 0 unspecified atom stereocenters. The van der Waals surface area contributed by atoms with Gasteiger partial charge in [-0.15, -0.1) is 0 Å². The van der Waals surface area contributed by atoms with Gasteiger partial charge in [-0.2, -0.15) is 0 Å². The lowest BCUT2D eigenvalue weighted by molar-refractivity contribution is -0.0533. The number of halogens is 1. The Morgan fingerprint density at radius 1 is 1.31 bits per heavy atom. The van der Waals surface area contributed by atoms with Crippen LogP contribution in [-0.4, -0.2) is 39.8 Å². The van der Waals surface area contributed by atoms with E-state index in [0.29, 0.717) is 42.3 Å². The third kappa shape index (κ3) is 3.13. The molecule has 4 N–H and O–H groups in total. The molecule has 0 atom stereocenters. The van der Waals surface area contributed by atoms with Crippen LogP contribution in [0.2, 0.25) is 5.02 Å². The second-order valence-corrected chi connectivity index (χ2v) is 8.34. The van der Waals surface area contributed by atoms with E-state index >= 15 is 0 Å². The Morgan fingerprint density at radius 2 is 2.14 bits per heavy atom. The van der Waals surface area contributed by atoms with Gasteiger partial charge in [0.25, 0.3) is 0 Å². The zero-order chi connectivity index (χ0) is 20.2. The average Bonchev–Trinajstić information content (AvgIpc) is 3.04. The summed E-state index contributed by atoms with van der Waals surface area (Å²) in [7, 11) is 0. The summed E-state index contributed by atoms with van der Waals surface area (Å²) in [6.45, 7) is 0.879. The van der Waals surface area contributed by atoms with Crippen molar-refractivity contribution in [1.82, 2.24) is 9.97 Å². The smallest absolute Gasteiger partial charge is 0.337 e. The van der Waals surface area contributed by atoms with Gasteiger partial charge in [0, 0.05) is 34.5 Å². The summed E-state index contributed by atoms with van der Waals surface area (Å²) in [5.74, 6) is -0.922. The molecular formula is C22H20ClN3O3. The summed E-state index contributed by atoms with van der Waals surface area (Å²) in [6.07, 6.45) is 3.73. The Balaban J connectivity index is 1.63. The van der Waals surface area contributed by atoms with Crippen molar-refractivity contribution in [3.05, 3.63) is 63.9 Å². The molecule has 29 heavy (non-hydrogen) atoms. The number of H-pyrrole nitrogens is 1. The molecule has 148 valence electrons. The lowest BCUT2D eigenvalue weighted by atomic mass is 9.87. The monoisotopic (exact) mass is 409 g/mol. The Bertz CT molecular complexity index is 1130. The largest absolute Gasteiger partial charge is 0.478 e. The standard InChI is InChI=1S/C22H20ClN3O3/c23-14-3-1-2-12(6-14)17-7-16-13(9-25-17)4-5-15-19(21(27)28)18(26-20(15)16)8-22(24)10-29-11-22/h1-3,6-7,9,26H,4-5,8,10-11,24H2,(H,27,28). The molecule has 1 aliphatic heterocycles. The van der Waals surface area contributed by atoms with Crippen LogP contribution in [0.1, 0.15) is 27.2 Å². The first-order valence-electron chi connectivity index (χ1n) is 9.52. The van der Waals surface area contributed by atoms with E-state index in [1.807, 2.05) is 36.5 Å². The van der Waals surface area contributed by atoms with Crippen molar-refractivity contribution in [3.63, 3.8) is 0 Å². The first-order valence-corrected chi connectivity index (χ1v) is 9.90. The molecule has 0 spiro atoms. The van der Waals surface area contributed by atoms with Crippen LogP contribution in [0.25, 0.3) is 22.5 Å². The van der Waals surface area contributed by atoms with E-state index in [9.17, 15) is 9.90 Å². The van der Waals surface area contributed by atoms with Crippen molar-refractivity contribution in [2.45, 2.75) is 24.8 Å². The summed E-state index contributed by atoms with van der Waals surface area (Å²) >= 11 is 6.14. The minimum atomic E-state index is -0.922. The maximum absolute atomic E-state index is 12.1. The van der Waals surface area contributed by atoms with Crippen LogP contribution in [0.15, 0.2) is 36.5 Å². The summed E-state index contributed by atoms with van der Waals surface area (Å²) in [4.78, 5) is 20.0. The van der Waals surface area contributed by atoms with Crippen LogP contribution in [0.5, 0.6) is 0 Å². The fraction of sp³-hybridized carbons (Fsp3) is 0.273. The number of aromatic amines is 1. The number of pyridine rings is 1. The van der Waals surface area contributed by atoms with Crippen LogP contribution in [0, 0.1) is 0 Å². The van der Waals surface area contributed by atoms with E-state index in [1.165, 1.54) is 0 Å². The molecular weight excluding hydrogens is 390 g/mol. The predicted molar refractivity (Wildman–Crippen MR) is 110 cm³/mol. The number of fused-ring (bicyclic) bond motifs is 3.